The molecule has 1 heterocycles. The minimum atomic E-state index is 0. The number of nitrogens with one attached hydrogen (secondary N) is 1. The Kier molecular flexibility index (Phi) is 11.6. The quantitative estimate of drug-likeness (QED) is 0.420. The summed E-state index contributed by atoms with van der Waals surface area (Å²) >= 11 is 0. The van der Waals surface area contributed by atoms with Gasteiger partial charge in [-0.05, 0) is 18.1 Å². The zero-order chi connectivity index (χ0) is 12.5. The lowest BCUT2D eigenvalue weighted by atomic mass is 10.2. The molecule has 0 atom stereocenters. The van der Waals surface area contributed by atoms with E-state index in [2.05, 4.69) is 17.2 Å². The molecule has 0 unspecified atom stereocenters. The number of benzene rings is 1. The first kappa shape index (κ1) is 19.2. The van der Waals surface area contributed by atoms with E-state index in [-0.39, 0.29) is 24.8 Å². The van der Waals surface area contributed by atoms with E-state index in [1.807, 2.05) is 30.3 Å². The van der Waals surface area contributed by atoms with E-state index in [0.29, 0.717) is 0 Å². The van der Waals surface area contributed by atoms with Crippen molar-refractivity contribution in [1.29, 1.82) is 0 Å². The van der Waals surface area contributed by atoms with Crippen LogP contribution < -0.4 is 35.0 Å². The van der Waals surface area contributed by atoms with Crippen LogP contribution >= 0.6 is 0 Å². The van der Waals surface area contributed by atoms with Crippen LogP contribution in [0.25, 0.3) is 0 Å². The van der Waals surface area contributed by atoms with Crippen molar-refractivity contribution in [2.45, 2.75) is 0 Å². The zero-order valence-electron chi connectivity index (χ0n) is 11.6. The summed E-state index contributed by atoms with van der Waals surface area (Å²) in [5.74, 6) is 6.37. The standard InChI is InChI=1S/C15H20N2O.2ClH/c1-2-5-15(6-3-1)7-4-8-16-9-10-17-11-13-18-14-12-17;;/h1-3,5-6,16H,8-14H2;2*1H. The van der Waals surface area contributed by atoms with E-state index in [0.717, 1.165) is 45.0 Å². The first-order chi connectivity index (χ1) is 8.95. The van der Waals surface area contributed by atoms with Gasteiger partial charge in [-0.2, -0.15) is 0 Å². The van der Waals surface area contributed by atoms with Crippen molar-refractivity contribution in [2.24, 2.45) is 0 Å². The molecule has 0 aliphatic carbocycles. The van der Waals surface area contributed by atoms with Crippen LogP contribution in [0.15, 0.2) is 30.3 Å². The monoisotopic (exact) mass is 316 g/mol. The van der Waals surface area contributed by atoms with Gasteiger partial charge in [0.05, 0.1) is 13.2 Å². The van der Waals surface area contributed by atoms with Gasteiger partial charge in [-0.15, -0.1) is 0 Å². The maximum absolute atomic E-state index is 5.34. The molecular formula is C15H22Cl2N2O. The summed E-state index contributed by atoms with van der Waals surface area (Å²) in [6, 6.07) is 10.2. The van der Waals surface area contributed by atoms with Crippen LogP contribution in [0.1, 0.15) is 5.56 Å². The molecule has 1 aliphatic heterocycles. The number of quaternary nitrogens is 2. The second-order valence-electron chi connectivity index (χ2n) is 4.56. The number of morpholine rings is 1. The van der Waals surface area contributed by atoms with Crippen LogP contribution in [-0.4, -0.2) is 45.9 Å². The van der Waals surface area contributed by atoms with Crippen molar-refractivity contribution in [2.75, 3.05) is 45.9 Å². The summed E-state index contributed by atoms with van der Waals surface area (Å²) in [5.41, 5.74) is 1.10. The number of nitrogens with two attached hydrogens (primary N) is 1. The van der Waals surface area contributed by atoms with Crippen molar-refractivity contribution >= 4 is 0 Å². The fourth-order valence-electron chi connectivity index (χ4n) is 2.07. The minimum absolute atomic E-state index is 0. The van der Waals surface area contributed by atoms with Gasteiger partial charge in [-0.1, -0.05) is 24.1 Å². The van der Waals surface area contributed by atoms with Gasteiger partial charge in [0, 0.05) is 5.56 Å². The first-order valence-electron chi connectivity index (χ1n) is 6.72. The molecule has 5 heteroatoms. The summed E-state index contributed by atoms with van der Waals surface area (Å²) in [4.78, 5) is 1.66. The third-order valence-corrected chi connectivity index (χ3v) is 3.15. The fraction of sp³-hybridized carbons (Fsp3) is 0.467. The van der Waals surface area contributed by atoms with Crippen molar-refractivity contribution < 1.29 is 39.8 Å². The van der Waals surface area contributed by atoms with Crippen LogP contribution in [-0.2, 0) is 4.74 Å². The van der Waals surface area contributed by atoms with Crippen molar-refractivity contribution in [3.05, 3.63) is 35.9 Å². The van der Waals surface area contributed by atoms with Crippen LogP contribution in [0, 0.1) is 11.8 Å². The average Bonchev–Trinajstić information content (AvgIpc) is 2.45. The highest BCUT2D eigenvalue weighted by Crippen LogP contribution is 1.93. The Morgan fingerprint density at radius 3 is 2.50 bits per heavy atom. The number of rotatable bonds is 4. The van der Waals surface area contributed by atoms with E-state index < -0.39 is 0 Å². The third kappa shape index (κ3) is 7.74. The predicted octanol–water partition coefficient (Wildman–Crippen LogP) is -7.48. The van der Waals surface area contributed by atoms with Gasteiger partial charge in [0.2, 0.25) is 0 Å². The Hall–Kier alpha value is -0.760. The molecule has 0 amide bonds. The molecule has 1 fully saturated rings. The number of ether oxygens (including phenoxy) is 1. The van der Waals surface area contributed by atoms with E-state index in [1.165, 1.54) is 6.54 Å². The second kappa shape index (κ2) is 12.0. The van der Waals surface area contributed by atoms with E-state index >= 15 is 0 Å². The molecule has 20 heavy (non-hydrogen) atoms. The van der Waals surface area contributed by atoms with Crippen LogP contribution in [0.5, 0.6) is 0 Å². The minimum Gasteiger partial charge on any atom is -1.00 e. The lowest BCUT2D eigenvalue weighted by Gasteiger charge is -2.22. The van der Waals surface area contributed by atoms with Crippen LogP contribution in [0.2, 0.25) is 0 Å². The lowest BCUT2D eigenvalue weighted by molar-refractivity contribution is -0.919. The maximum Gasteiger partial charge on any atom is 0.138 e. The highest BCUT2D eigenvalue weighted by Gasteiger charge is 2.13. The van der Waals surface area contributed by atoms with E-state index in [1.54, 1.807) is 4.90 Å². The van der Waals surface area contributed by atoms with Gasteiger partial charge in [0.1, 0.15) is 32.7 Å². The maximum atomic E-state index is 5.34. The summed E-state index contributed by atoms with van der Waals surface area (Å²) in [7, 11) is 0. The normalized spacial score (nSPS) is 14.4. The zero-order valence-corrected chi connectivity index (χ0v) is 13.1. The van der Waals surface area contributed by atoms with Crippen molar-refractivity contribution in [3.8, 4) is 11.8 Å². The summed E-state index contributed by atoms with van der Waals surface area (Å²) in [5, 5.41) is 2.29. The molecule has 0 radical (unpaired) electrons. The molecule has 1 saturated heterocycles. The predicted molar refractivity (Wildman–Crippen MR) is 71.4 cm³/mol. The SMILES string of the molecule is C(#Cc1ccccc1)C[NH2+]CC[NH+]1CCOCC1.[Cl-].[Cl-]. The van der Waals surface area contributed by atoms with Crippen molar-refractivity contribution in [1.82, 2.24) is 0 Å². The van der Waals surface area contributed by atoms with Gasteiger partial charge in [0.15, 0.2) is 0 Å². The summed E-state index contributed by atoms with van der Waals surface area (Å²) < 4.78 is 5.34. The van der Waals surface area contributed by atoms with Gasteiger partial charge in [-0.25, -0.2) is 0 Å². The Labute approximate surface area is 133 Å². The second-order valence-corrected chi connectivity index (χ2v) is 4.56. The topological polar surface area (TPSA) is 30.3 Å². The number of hydrogen-bond donors (Lipinski definition) is 2. The lowest BCUT2D eigenvalue weighted by Crippen LogP contribution is -3.16. The largest absolute Gasteiger partial charge is 1.00 e. The average molecular weight is 317 g/mol. The van der Waals surface area contributed by atoms with Crippen LogP contribution in [0.4, 0.5) is 0 Å². The molecular weight excluding hydrogens is 295 g/mol. The molecule has 3 N–H and O–H groups in total. The van der Waals surface area contributed by atoms with Gasteiger partial charge < -0.3 is 39.8 Å². The molecule has 0 saturated carbocycles. The van der Waals surface area contributed by atoms with E-state index in [9.17, 15) is 0 Å². The number of hydrogen-bond acceptors (Lipinski definition) is 1. The molecule has 0 spiro atoms. The summed E-state index contributed by atoms with van der Waals surface area (Å²) in [6.07, 6.45) is 0. The van der Waals surface area contributed by atoms with Gasteiger partial charge in [-0.3, -0.25) is 0 Å². The molecule has 3 nitrogen and oxygen atoms in total. The Morgan fingerprint density at radius 1 is 1.10 bits per heavy atom. The molecule has 0 bridgehead atoms. The summed E-state index contributed by atoms with van der Waals surface area (Å²) in [6.45, 7) is 7.41. The van der Waals surface area contributed by atoms with Gasteiger partial charge >= 0.3 is 0 Å². The molecule has 0 aromatic heterocycles. The van der Waals surface area contributed by atoms with E-state index in [4.69, 9.17) is 4.74 Å². The Balaban J connectivity index is 0.00000180. The molecule has 1 aromatic carbocycles. The molecule has 112 valence electrons. The van der Waals surface area contributed by atoms with Gasteiger partial charge in [0.25, 0.3) is 0 Å². The third-order valence-electron chi connectivity index (χ3n) is 3.15. The highest BCUT2D eigenvalue weighted by atomic mass is 35.5. The van der Waals surface area contributed by atoms with Crippen molar-refractivity contribution in [3.63, 3.8) is 0 Å². The number of halogens is 2. The Morgan fingerprint density at radius 2 is 1.80 bits per heavy atom. The molecule has 2 rings (SSSR count). The van der Waals surface area contributed by atoms with Crippen LogP contribution in [0.3, 0.4) is 0 Å². The first-order valence-corrected chi connectivity index (χ1v) is 6.72. The highest BCUT2D eigenvalue weighted by molar-refractivity contribution is 5.33. The molecule has 1 aromatic rings. The molecule has 1 aliphatic rings. The fourth-order valence-corrected chi connectivity index (χ4v) is 2.07. The Bertz CT molecular complexity index is 397. The smallest absolute Gasteiger partial charge is 0.138 e.